The van der Waals surface area contributed by atoms with Crippen molar-refractivity contribution in [2.24, 2.45) is 0 Å². The Balaban J connectivity index is 2.75. The number of rotatable bonds is 1. The van der Waals surface area contributed by atoms with Crippen LogP contribution in [0.1, 0.15) is 6.92 Å². The lowest BCUT2D eigenvalue weighted by atomic mass is 10.6. The van der Waals surface area contributed by atoms with E-state index in [9.17, 15) is 8.42 Å². The summed E-state index contributed by atoms with van der Waals surface area (Å²) in [5.74, 6) is 0. The molecular formula is C4H9N2O2S. The molecule has 0 amide bonds. The minimum Gasteiger partial charge on any atom is -0.193 e. The predicted octanol–water partition coefficient (Wildman–Crippen LogP) is -0.829. The molecule has 0 bridgehead atoms. The van der Waals surface area contributed by atoms with E-state index in [0.717, 1.165) is 0 Å². The predicted molar refractivity (Wildman–Crippen MR) is 33.2 cm³/mol. The number of hydrogen-bond donors (Lipinski definition) is 0. The molecule has 0 N–H and O–H groups in total. The third-order valence-corrected chi connectivity index (χ3v) is 2.89. The van der Waals surface area contributed by atoms with Gasteiger partial charge in [-0.05, 0) is 0 Å². The summed E-state index contributed by atoms with van der Waals surface area (Å²) in [6, 6.07) is 0. The van der Waals surface area contributed by atoms with Gasteiger partial charge in [0.05, 0.1) is 0 Å². The molecule has 1 fully saturated rings. The van der Waals surface area contributed by atoms with Crippen molar-refractivity contribution in [1.82, 2.24) is 9.03 Å². The van der Waals surface area contributed by atoms with Gasteiger partial charge in [0, 0.05) is 19.6 Å². The van der Waals surface area contributed by atoms with Crippen molar-refractivity contribution in [3.8, 4) is 0 Å². The summed E-state index contributed by atoms with van der Waals surface area (Å²) < 4.78 is 26.3. The first-order valence-electron chi connectivity index (χ1n) is 2.85. The molecule has 1 heterocycles. The van der Waals surface area contributed by atoms with Gasteiger partial charge in [-0.1, -0.05) is 6.92 Å². The Morgan fingerprint density at radius 2 is 2.33 bits per heavy atom. The average Bonchev–Trinajstić information content (AvgIpc) is 2.08. The van der Waals surface area contributed by atoms with Crippen LogP contribution in [0.4, 0.5) is 0 Å². The molecule has 0 aromatic carbocycles. The van der Waals surface area contributed by atoms with Crippen molar-refractivity contribution in [2.75, 3.05) is 19.6 Å². The highest BCUT2D eigenvalue weighted by atomic mass is 32.2. The molecule has 0 atom stereocenters. The Labute approximate surface area is 55.0 Å². The summed E-state index contributed by atoms with van der Waals surface area (Å²) in [6.07, 6.45) is 0. The quantitative estimate of drug-likeness (QED) is 0.488. The highest BCUT2D eigenvalue weighted by Crippen LogP contribution is 2.03. The molecule has 0 aliphatic carbocycles. The van der Waals surface area contributed by atoms with Crippen molar-refractivity contribution >= 4 is 10.2 Å². The Hall–Kier alpha value is -0.130. The molecule has 1 rings (SSSR count). The van der Waals surface area contributed by atoms with Crippen molar-refractivity contribution in [3.63, 3.8) is 0 Å². The first kappa shape index (κ1) is 6.98. The topological polar surface area (TPSA) is 51.5 Å². The van der Waals surface area contributed by atoms with Crippen molar-refractivity contribution in [1.29, 1.82) is 0 Å². The minimum atomic E-state index is -3.18. The molecule has 1 radical (unpaired) electrons. The third kappa shape index (κ3) is 1.23. The Bertz CT molecular complexity index is 187. The zero-order chi connectivity index (χ0) is 6.91. The van der Waals surface area contributed by atoms with Gasteiger partial charge in [0.2, 0.25) is 0 Å². The molecule has 1 saturated heterocycles. The monoisotopic (exact) mass is 149 g/mol. The molecule has 0 aromatic heterocycles. The largest absolute Gasteiger partial charge is 0.296 e. The summed E-state index contributed by atoms with van der Waals surface area (Å²) >= 11 is 0. The van der Waals surface area contributed by atoms with Crippen molar-refractivity contribution < 1.29 is 8.42 Å². The summed E-state index contributed by atoms with van der Waals surface area (Å²) in [4.78, 5) is 0. The smallest absolute Gasteiger partial charge is 0.193 e. The van der Waals surface area contributed by atoms with E-state index in [-0.39, 0.29) is 0 Å². The fraction of sp³-hybridized carbons (Fsp3) is 1.00. The van der Waals surface area contributed by atoms with Gasteiger partial charge in [0.25, 0.3) is 10.2 Å². The van der Waals surface area contributed by atoms with E-state index >= 15 is 0 Å². The second-order valence-corrected chi connectivity index (χ2v) is 3.49. The first-order chi connectivity index (χ1) is 4.17. The highest BCUT2D eigenvalue weighted by molar-refractivity contribution is 7.87. The van der Waals surface area contributed by atoms with Gasteiger partial charge in [-0.3, -0.25) is 0 Å². The van der Waals surface area contributed by atoms with Crippen molar-refractivity contribution in [2.45, 2.75) is 6.92 Å². The van der Waals surface area contributed by atoms with Gasteiger partial charge in [0.15, 0.2) is 0 Å². The Morgan fingerprint density at radius 3 is 2.56 bits per heavy atom. The van der Waals surface area contributed by atoms with E-state index < -0.39 is 10.2 Å². The molecule has 0 saturated carbocycles. The molecule has 4 nitrogen and oxygen atoms in total. The number of likely N-dealkylation sites (N-methyl/N-ethyl adjacent to an activating group) is 1. The van der Waals surface area contributed by atoms with Gasteiger partial charge < -0.3 is 0 Å². The summed E-state index contributed by atoms with van der Waals surface area (Å²) in [6.45, 7) is 3.32. The third-order valence-electron chi connectivity index (χ3n) is 1.28. The van der Waals surface area contributed by atoms with E-state index in [1.54, 1.807) is 6.92 Å². The molecule has 0 unspecified atom stereocenters. The zero-order valence-corrected chi connectivity index (χ0v) is 6.06. The van der Waals surface area contributed by atoms with Crippen LogP contribution < -0.4 is 4.72 Å². The maximum absolute atomic E-state index is 10.8. The van der Waals surface area contributed by atoms with Gasteiger partial charge in [0.1, 0.15) is 0 Å². The molecule has 0 aromatic rings. The molecule has 9 heavy (non-hydrogen) atoms. The van der Waals surface area contributed by atoms with Crippen LogP contribution in [0.3, 0.4) is 0 Å². The molecule has 1 aliphatic rings. The van der Waals surface area contributed by atoms with E-state index in [0.29, 0.717) is 19.6 Å². The van der Waals surface area contributed by atoms with Crippen LogP contribution in [0.25, 0.3) is 0 Å². The molecule has 1 aliphatic heterocycles. The fourth-order valence-electron chi connectivity index (χ4n) is 0.786. The fourth-order valence-corrected chi connectivity index (χ4v) is 1.90. The Kier molecular flexibility index (Phi) is 1.74. The van der Waals surface area contributed by atoms with E-state index in [4.69, 9.17) is 0 Å². The van der Waals surface area contributed by atoms with E-state index in [1.165, 1.54) is 4.31 Å². The standard InChI is InChI=1S/C4H9N2O2S/c1-2-6-4-3-5-9(6,7)8/h2-4H2,1H3. The first-order valence-corrected chi connectivity index (χ1v) is 4.25. The lowest BCUT2D eigenvalue weighted by Gasteiger charge is -2.06. The number of nitrogens with zero attached hydrogens (tertiary/aromatic N) is 2. The zero-order valence-electron chi connectivity index (χ0n) is 5.24. The lowest BCUT2D eigenvalue weighted by Crippen LogP contribution is -2.26. The van der Waals surface area contributed by atoms with E-state index in [1.807, 2.05) is 0 Å². The normalized spacial score (nSPS) is 26.8. The summed E-state index contributed by atoms with van der Waals surface area (Å²) in [5.41, 5.74) is 0. The van der Waals surface area contributed by atoms with Crippen LogP contribution in [-0.4, -0.2) is 32.4 Å². The van der Waals surface area contributed by atoms with Crippen LogP contribution in [0.5, 0.6) is 0 Å². The van der Waals surface area contributed by atoms with Crippen molar-refractivity contribution in [3.05, 3.63) is 0 Å². The van der Waals surface area contributed by atoms with E-state index in [2.05, 4.69) is 4.72 Å². The van der Waals surface area contributed by atoms with Crippen LogP contribution >= 0.6 is 0 Å². The SMILES string of the molecule is CCN1CC[N]S1(=O)=O. The molecular weight excluding hydrogens is 140 g/mol. The number of hydrogen-bond acceptors (Lipinski definition) is 2. The molecule has 53 valence electrons. The summed E-state index contributed by atoms with van der Waals surface area (Å²) in [5, 5.41) is 0. The Morgan fingerprint density at radius 1 is 1.67 bits per heavy atom. The molecule has 5 heteroatoms. The van der Waals surface area contributed by atoms with Gasteiger partial charge in [-0.15, -0.1) is 4.72 Å². The second-order valence-electron chi connectivity index (χ2n) is 1.82. The maximum atomic E-state index is 10.8. The van der Waals surface area contributed by atoms with Crippen LogP contribution in [-0.2, 0) is 10.2 Å². The average molecular weight is 149 g/mol. The van der Waals surface area contributed by atoms with Gasteiger partial charge in [-0.2, -0.15) is 12.7 Å². The lowest BCUT2D eigenvalue weighted by molar-refractivity contribution is 0.468. The van der Waals surface area contributed by atoms with Gasteiger partial charge >= 0.3 is 0 Å². The molecule has 0 spiro atoms. The summed E-state index contributed by atoms with van der Waals surface area (Å²) in [7, 11) is -3.18. The second kappa shape index (κ2) is 2.24. The minimum absolute atomic E-state index is 0.427. The van der Waals surface area contributed by atoms with Crippen LogP contribution in [0.15, 0.2) is 0 Å². The van der Waals surface area contributed by atoms with Crippen LogP contribution in [0, 0.1) is 0 Å². The van der Waals surface area contributed by atoms with Crippen LogP contribution in [0.2, 0.25) is 0 Å². The maximum Gasteiger partial charge on any atom is 0.296 e. The van der Waals surface area contributed by atoms with Gasteiger partial charge in [-0.25, -0.2) is 0 Å². The highest BCUT2D eigenvalue weighted by Gasteiger charge is 2.26.